The van der Waals surface area contributed by atoms with E-state index in [2.05, 4.69) is 25.6 Å². The van der Waals surface area contributed by atoms with Gasteiger partial charge in [0.25, 0.3) is 0 Å². The fraction of sp³-hybridized carbons (Fsp3) is 0.208. The predicted molar refractivity (Wildman–Crippen MR) is 135 cm³/mol. The number of esters is 1. The minimum atomic E-state index is -0.497. The van der Waals surface area contributed by atoms with E-state index in [4.69, 9.17) is 9.47 Å². The average Bonchev–Trinajstić information content (AvgIpc) is 3.57. The summed E-state index contributed by atoms with van der Waals surface area (Å²) in [5, 5.41) is 17.2. The van der Waals surface area contributed by atoms with E-state index in [1.807, 2.05) is 54.6 Å². The van der Waals surface area contributed by atoms with E-state index in [0.717, 1.165) is 26.2 Å². The van der Waals surface area contributed by atoms with Crippen LogP contribution in [0.5, 0.6) is 5.75 Å². The summed E-state index contributed by atoms with van der Waals surface area (Å²) in [6.45, 7) is 2.05. The Labute approximate surface area is 210 Å². The van der Waals surface area contributed by atoms with Crippen molar-refractivity contribution in [3.63, 3.8) is 0 Å². The van der Waals surface area contributed by atoms with Gasteiger partial charge in [-0.25, -0.2) is 9.48 Å². The number of carbonyl (C=O) groups excluding carboxylic acids is 1. The zero-order valence-electron chi connectivity index (χ0n) is 19.0. The number of benzene rings is 2. The maximum Gasteiger partial charge on any atom is 0.338 e. The van der Waals surface area contributed by atoms with Crippen molar-refractivity contribution in [3.8, 4) is 16.3 Å². The second-order valence-corrected chi connectivity index (χ2v) is 9.67. The maximum absolute atomic E-state index is 13.2. The minimum Gasteiger partial charge on any atom is -0.497 e. The van der Waals surface area contributed by atoms with Gasteiger partial charge in [0, 0.05) is 17.0 Å². The fourth-order valence-electron chi connectivity index (χ4n) is 3.77. The van der Waals surface area contributed by atoms with Crippen LogP contribution in [0.4, 0.5) is 5.95 Å². The van der Waals surface area contributed by atoms with Crippen LogP contribution in [0, 0.1) is 0 Å². The number of thioether (sulfide) groups is 1. The molecule has 4 aromatic rings. The van der Waals surface area contributed by atoms with Crippen molar-refractivity contribution in [2.45, 2.75) is 17.3 Å². The summed E-state index contributed by atoms with van der Waals surface area (Å²) >= 11 is 3.01. The minimum absolute atomic E-state index is 0.263. The molecule has 11 heteroatoms. The molecule has 0 fully saturated rings. The van der Waals surface area contributed by atoms with Crippen LogP contribution < -0.4 is 10.1 Å². The SMILES string of the molecule is CCOC(=O)C1=C(CSc2nnc(-c3ccccc3)s2)Nc2ncnn2C1c1ccc(OC)cc1. The second kappa shape index (κ2) is 10.3. The number of rotatable bonds is 8. The van der Waals surface area contributed by atoms with Gasteiger partial charge >= 0.3 is 5.97 Å². The average molecular weight is 507 g/mol. The highest BCUT2D eigenvalue weighted by molar-refractivity contribution is 8.01. The van der Waals surface area contributed by atoms with E-state index in [1.165, 1.54) is 29.4 Å². The topological polar surface area (TPSA) is 104 Å². The Morgan fingerprint density at radius 1 is 1.14 bits per heavy atom. The molecule has 9 nitrogen and oxygen atoms in total. The number of fused-ring (bicyclic) bond motifs is 1. The standard InChI is InChI=1S/C24H22N6O3S2/c1-3-33-22(31)19-18(13-34-24-29-28-21(35-24)16-7-5-4-6-8-16)27-23-25-14-26-30(23)20(19)15-9-11-17(32-2)12-10-15/h4-12,14,20H,3,13H2,1-2H3,(H,25,26,27). The Morgan fingerprint density at radius 2 is 1.94 bits per heavy atom. The monoisotopic (exact) mass is 506 g/mol. The van der Waals surface area contributed by atoms with Crippen molar-refractivity contribution in [1.82, 2.24) is 25.0 Å². The van der Waals surface area contributed by atoms with Crippen LogP contribution >= 0.6 is 23.1 Å². The molecular weight excluding hydrogens is 484 g/mol. The van der Waals surface area contributed by atoms with Gasteiger partial charge in [0.2, 0.25) is 5.95 Å². The van der Waals surface area contributed by atoms with E-state index >= 15 is 0 Å². The summed E-state index contributed by atoms with van der Waals surface area (Å²) in [4.78, 5) is 17.6. The lowest BCUT2D eigenvalue weighted by Crippen LogP contribution is -2.31. The highest BCUT2D eigenvalue weighted by Crippen LogP contribution is 2.38. The summed E-state index contributed by atoms with van der Waals surface area (Å²) < 4.78 is 13.3. The van der Waals surface area contributed by atoms with Crippen LogP contribution in [-0.2, 0) is 9.53 Å². The first-order valence-electron chi connectivity index (χ1n) is 10.9. The number of hydrogen-bond acceptors (Lipinski definition) is 10. The van der Waals surface area contributed by atoms with Gasteiger partial charge in [-0.3, -0.25) is 0 Å². The van der Waals surface area contributed by atoms with Crippen LogP contribution in [0.25, 0.3) is 10.6 Å². The summed E-state index contributed by atoms with van der Waals surface area (Å²) in [6, 6.07) is 17.0. The first-order chi connectivity index (χ1) is 17.2. The Balaban J connectivity index is 1.49. The third-order valence-electron chi connectivity index (χ3n) is 5.37. The molecular formula is C24H22N6O3S2. The molecule has 0 saturated carbocycles. The van der Waals surface area contributed by atoms with Crippen molar-refractivity contribution in [3.05, 3.63) is 77.8 Å². The smallest absolute Gasteiger partial charge is 0.338 e. The number of carbonyl (C=O) groups is 1. The van der Waals surface area contributed by atoms with Crippen molar-refractivity contribution in [2.75, 3.05) is 24.8 Å². The van der Waals surface area contributed by atoms with Gasteiger partial charge in [-0.2, -0.15) is 10.1 Å². The molecule has 0 amide bonds. The molecule has 0 aliphatic carbocycles. The van der Waals surface area contributed by atoms with Gasteiger partial charge < -0.3 is 14.8 Å². The van der Waals surface area contributed by atoms with E-state index in [9.17, 15) is 4.79 Å². The lowest BCUT2D eigenvalue weighted by molar-refractivity contribution is -0.139. The highest BCUT2D eigenvalue weighted by atomic mass is 32.2. The normalized spacial score (nSPS) is 14.9. The molecule has 178 valence electrons. The molecule has 1 aliphatic rings. The number of hydrogen-bond donors (Lipinski definition) is 1. The van der Waals surface area contributed by atoms with Crippen LogP contribution in [0.3, 0.4) is 0 Å². The molecule has 1 N–H and O–H groups in total. The van der Waals surface area contributed by atoms with Crippen molar-refractivity contribution >= 4 is 35.0 Å². The van der Waals surface area contributed by atoms with Gasteiger partial charge in [-0.05, 0) is 24.6 Å². The Kier molecular flexibility index (Phi) is 6.77. The Morgan fingerprint density at radius 3 is 2.69 bits per heavy atom. The molecule has 1 aliphatic heterocycles. The molecule has 5 rings (SSSR count). The molecule has 0 bridgehead atoms. The molecule has 2 aromatic carbocycles. The quantitative estimate of drug-likeness (QED) is 0.274. The van der Waals surface area contributed by atoms with Crippen molar-refractivity contribution in [2.24, 2.45) is 0 Å². The van der Waals surface area contributed by atoms with Gasteiger partial charge in [-0.1, -0.05) is 65.6 Å². The summed E-state index contributed by atoms with van der Waals surface area (Å²) in [7, 11) is 1.62. The van der Waals surface area contributed by atoms with E-state index < -0.39 is 12.0 Å². The zero-order chi connectivity index (χ0) is 24.2. The number of anilines is 1. The number of methoxy groups -OCH3 is 1. The zero-order valence-corrected chi connectivity index (χ0v) is 20.7. The van der Waals surface area contributed by atoms with E-state index in [0.29, 0.717) is 23.0 Å². The third kappa shape index (κ3) is 4.77. The van der Waals surface area contributed by atoms with Gasteiger partial charge in [0.15, 0.2) is 4.34 Å². The van der Waals surface area contributed by atoms with Crippen LogP contribution in [0.1, 0.15) is 18.5 Å². The largest absolute Gasteiger partial charge is 0.497 e. The number of aromatic nitrogens is 5. The number of ether oxygens (including phenoxy) is 2. The molecule has 3 heterocycles. The molecule has 0 radical (unpaired) electrons. The summed E-state index contributed by atoms with van der Waals surface area (Å²) in [5.41, 5.74) is 3.07. The van der Waals surface area contributed by atoms with Gasteiger partial charge in [0.05, 0.1) is 19.3 Å². The van der Waals surface area contributed by atoms with Crippen LogP contribution in [0.2, 0.25) is 0 Å². The molecule has 0 spiro atoms. The van der Waals surface area contributed by atoms with Crippen molar-refractivity contribution < 1.29 is 14.3 Å². The van der Waals surface area contributed by atoms with Gasteiger partial charge in [-0.15, -0.1) is 10.2 Å². The second-order valence-electron chi connectivity index (χ2n) is 7.47. The molecule has 1 atom stereocenters. The third-order valence-corrected chi connectivity index (χ3v) is 7.51. The molecule has 2 aromatic heterocycles. The molecule has 1 unspecified atom stereocenters. The van der Waals surface area contributed by atoms with Crippen LogP contribution in [-0.4, -0.2) is 50.4 Å². The lowest BCUT2D eigenvalue weighted by Gasteiger charge is -2.29. The highest BCUT2D eigenvalue weighted by Gasteiger charge is 2.35. The maximum atomic E-state index is 13.2. The number of nitrogens with one attached hydrogen (secondary N) is 1. The van der Waals surface area contributed by atoms with Crippen molar-refractivity contribution in [1.29, 1.82) is 0 Å². The molecule has 0 saturated heterocycles. The Bertz CT molecular complexity index is 1350. The fourth-order valence-corrected chi connectivity index (χ4v) is 5.60. The first-order valence-corrected chi connectivity index (χ1v) is 12.7. The predicted octanol–water partition coefficient (Wildman–Crippen LogP) is 4.43. The van der Waals surface area contributed by atoms with E-state index in [1.54, 1.807) is 18.7 Å². The lowest BCUT2D eigenvalue weighted by atomic mass is 9.95. The van der Waals surface area contributed by atoms with E-state index in [-0.39, 0.29) is 6.61 Å². The van der Waals surface area contributed by atoms with Crippen LogP contribution in [0.15, 0.2) is 76.5 Å². The Hall–Kier alpha value is -3.70. The summed E-state index contributed by atoms with van der Waals surface area (Å²) in [6.07, 6.45) is 1.47. The number of nitrogens with zero attached hydrogens (tertiary/aromatic N) is 5. The first kappa shape index (κ1) is 23.1. The molecule has 35 heavy (non-hydrogen) atoms. The van der Waals surface area contributed by atoms with Gasteiger partial charge in [0.1, 0.15) is 23.1 Å². The summed E-state index contributed by atoms with van der Waals surface area (Å²) in [5.74, 6) is 1.33.